The quantitative estimate of drug-likeness (QED) is 0.740. The molecule has 7 nitrogen and oxygen atoms in total. The monoisotopic (exact) mass is 363 g/mol. The Balaban J connectivity index is 2.21. The minimum Gasteiger partial charge on any atom is -0.497 e. The highest BCUT2D eigenvalue weighted by Gasteiger charge is 2.18. The third kappa shape index (κ3) is 4.67. The molecule has 2 aromatic rings. The summed E-state index contributed by atoms with van der Waals surface area (Å²) < 4.78 is 6.99. The number of hydrogen-bond donors (Lipinski definition) is 2. The lowest BCUT2D eigenvalue weighted by Crippen LogP contribution is -2.43. The summed E-state index contributed by atoms with van der Waals surface area (Å²) in [6.45, 7) is 8.56. The van der Waals surface area contributed by atoms with E-state index in [4.69, 9.17) is 17.0 Å². The number of H-pyrrole nitrogens is 1. The van der Waals surface area contributed by atoms with Crippen LogP contribution in [0.1, 0.15) is 27.7 Å². The maximum Gasteiger partial charge on any atom is 0.253 e. The van der Waals surface area contributed by atoms with E-state index in [9.17, 15) is 4.79 Å². The summed E-state index contributed by atoms with van der Waals surface area (Å²) in [6, 6.07) is 7.92. The van der Waals surface area contributed by atoms with Crippen LogP contribution in [-0.2, 0) is 4.79 Å². The summed E-state index contributed by atoms with van der Waals surface area (Å²) in [5, 5.41) is 6.95. The number of aromatic amines is 1. The standard InChI is InChI=1S/C17H25N5O2S/c1-11(2)21(12(3)4)10-15(23)20-22-16(18-19-17(22)25)13-6-8-14(24-5)9-7-13/h6-9,11-12H,10H2,1-5H3,(H,19,25)(H,20,23). The van der Waals surface area contributed by atoms with Crippen LogP contribution < -0.4 is 10.2 Å². The highest BCUT2D eigenvalue weighted by Crippen LogP contribution is 2.20. The summed E-state index contributed by atoms with van der Waals surface area (Å²) in [4.78, 5) is 14.6. The van der Waals surface area contributed by atoms with Crippen LogP contribution in [0, 0.1) is 4.77 Å². The first-order valence-electron chi connectivity index (χ1n) is 8.21. The van der Waals surface area contributed by atoms with Crippen molar-refractivity contribution in [3.05, 3.63) is 29.0 Å². The van der Waals surface area contributed by atoms with Crippen molar-refractivity contribution in [1.29, 1.82) is 0 Å². The van der Waals surface area contributed by atoms with E-state index < -0.39 is 0 Å². The Kier molecular flexibility index (Phi) is 6.33. The number of carbonyl (C=O) groups is 1. The third-order valence-electron chi connectivity index (χ3n) is 3.91. The second-order valence-electron chi connectivity index (χ2n) is 6.31. The van der Waals surface area contributed by atoms with Crippen molar-refractivity contribution in [3.8, 4) is 17.1 Å². The number of methoxy groups -OCH3 is 1. The molecule has 0 aliphatic carbocycles. The van der Waals surface area contributed by atoms with Crippen molar-refractivity contribution in [2.24, 2.45) is 0 Å². The molecule has 0 bridgehead atoms. The van der Waals surface area contributed by atoms with Crippen molar-refractivity contribution >= 4 is 18.1 Å². The summed E-state index contributed by atoms with van der Waals surface area (Å²) in [6.07, 6.45) is 0. The van der Waals surface area contributed by atoms with Gasteiger partial charge in [-0.25, -0.2) is 9.77 Å². The van der Waals surface area contributed by atoms with E-state index in [0.29, 0.717) is 10.6 Å². The van der Waals surface area contributed by atoms with Gasteiger partial charge in [0.15, 0.2) is 5.82 Å². The molecule has 136 valence electrons. The topological polar surface area (TPSA) is 75.2 Å². The van der Waals surface area contributed by atoms with Crippen LogP contribution in [0.2, 0.25) is 0 Å². The number of nitrogens with zero attached hydrogens (tertiary/aromatic N) is 3. The molecule has 0 fully saturated rings. The Hall–Kier alpha value is -2.19. The first kappa shape index (κ1) is 19.1. The molecule has 1 aromatic heterocycles. The Morgan fingerprint density at radius 1 is 1.28 bits per heavy atom. The Labute approximate surface area is 153 Å². The number of aromatic nitrogens is 3. The van der Waals surface area contributed by atoms with Gasteiger partial charge in [-0.2, -0.15) is 5.10 Å². The van der Waals surface area contributed by atoms with E-state index in [-0.39, 0.29) is 24.5 Å². The van der Waals surface area contributed by atoms with Crippen molar-refractivity contribution < 1.29 is 9.53 Å². The lowest BCUT2D eigenvalue weighted by Gasteiger charge is -2.29. The molecule has 0 saturated heterocycles. The Morgan fingerprint density at radius 3 is 2.40 bits per heavy atom. The largest absolute Gasteiger partial charge is 0.497 e. The molecule has 0 unspecified atom stereocenters. The van der Waals surface area contributed by atoms with Crippen LogP contribution >= 0.6 is 12.2 Å². The predicted molar refractivity (Wildman–Crippen MR) is 101 cm³/mol. The van der Waals surface area contributed by atoms with Gasteiger partial charge in [-0.05, 0) is 64.2 Å². The molecule has 2 rings (SSSR count). The Morgan fingerprint density at radius 2 is 1.88 bits per heavy atom. The van der Waals surface area contributed by atoms with Crippen molar-refractivity contribution in [1.82, 2.24) is 19.8 Å². The van der Waals surface area contributed by atoms with Crippen molar-refractivity contribution in [2.75, 3.05) is 19.1 Å². The lowest BCUT2D eigenvalue weighted by atomic mass is 10.2. The number of amides is 1. The van der Waals surface area contributed by atoms with Crippen LogP contribution in [0.4, 0.5) is 0 Å². The fourth-order valence-electron chi connectivity index (χ4n) is 2.62. The van der Waals surface area contributed by atoms with Crippen LogP contribution in [0.25, 0.3) is 11.4 Å². The van der Waals surface area contributed by atoms with E-state index >= 15 is 0 Å². The summed E-state index contributed by atoms with van der Waals surface area (Å²) in [7, 11) is 1.61. The zero-order valence-electron chi connectivity index (χ0n) is 15.2. The molecule has 1 amide bonds. The summed E-state index contributed by atoms with van der Waals surface area (Å²) in [5.74, 6) is 1.15. The molecule has 0 atom stereocenters. The smallest absolute Gasteiger partial charge is 0.253 e. The number of benzene rings is 1. The summed E-state index contributed by atoms with van der Waals surface area (Å²) in [5.41, 5.74) is 3.65. The normalized spacial score (nSPS) is 11.4. The average Bonchev–Trinajstić information content (AvgIpc) is 2.93. The van der Waals surface area contributed by atoms with Gasteiger partial charge in [-0.3, -0.25) is 15.1 Å². The molecule has 8 heteroatoms. The molecule has 0 aliphatic heterocycles. The van der Waals surface area contributed by atoms with Gasteiger partial charge in [0.1, 0.15) is 5.75 Å². The number of carbonyl (C=O) groups excluding carboxylic acids is 1. The van der Waals surface area contributed by atoms with Crippen LogP contribution in [0.3, 0.4) is 0 Å². The van der Waals surface area contributed by atoms with Gasteiger partial charge in [0, 0.05) is 17.6 Å². The second kappa shape index (κ2) is 8.26. The molecular weight excluding hydrogens is 338 g/mol. The molecule has 0 spiro atoms. The van der Waals surface area contributed by atoms with Crippen LogP contribution in [-0.4, -0.2) is 51.4 Å². The molecule has 1 heterocycles. The predicted octanol–water partition coefficient (Wildman–Crippen LogP) is 2.81. The second-order valence-corrected chi connectivity index (χ2v) is 6.70. The molecule has 0 saturated carbocycles. The number of nitrogens with one attached hydrogen (secondary N) is 2. The van der Waals surface area contributed by atoms with E-state index in [1.54, 1.807) is 7.11 Å². The zero-order valence-corrected chi connectivity index (χ0v) is 16.1. The first-order chi connectivity index (χ1) is 11.8. The minimum absolute atomic E-state index is 0.144. The summed E-state index contributed by atoms with van der Waals surface area (Å²) >= 11 is 5.25. The number of ether oxygens (including phenoxy) is 1. The van der Waals surface area contributed by atoms with E-state index in [1.807, 2.05) is 24.3 Å². The Bertz CT molecular complexity index is 756. The van der Waals surface area contributed by atoms with Gasteiger partial charge >= 0.3 is 0 Å². The fourth-order valence-corrected chi connectivity index (χ4v) is 2.80. The fraction of sp³-hybridized carbons (Fsp3) is 0.471. The van der Waals surface area contributed by atoms with Gasteiger partial charge in [-0.1, -0.05) is 0 Å². The maximum absolute atomic E-state index is 12.5. The van der Waals surface area contributed by atoms with Gasteiger partial charge in [0.25, 0.3) is 5.91 Å². The molecule has 2 N–H and O–H groups in total. The highest BCUT2D eigenvalue weighted by atomic mass is 32.1. The van der Waals surface area contributed by atoms with E-state index in [0.717, 1.165) is 11.3 Å². The number of hydrogen-bond acceptors (Lipinski definition) is 5. The van der Waals surface area contributed by atoms with Crippen LogP contribution in [0.15, 0.2) is 24.3 Å². The van der Waals surface area contributed by atoms with Crippen molar-refractivity contribution in [3.63, 3.8) is 0 Å². The third-order valence-corrected chi connectivity index (χ3v) is 4.18. The van der Waals surface area contributed by atoms with Crippen LogP contribution in [0.5, 0.6) is 5.75 Å². The first-order valence-corrected chi connectivity index (χ1v) is 8.61. The molecule has 0 radical (unpaired) electrons. The van der Waals surface area contributed by atoms with Gasteiger partial charge < -0.3 is 4.74 Å². The van der Waals surface area contributed by atoms with Gasteiger partial charge in [-0.15, -0.1) is 0 Å². The van der Waals surface area contributed by atoms with Gasteiger partial charge in [0.05, 0.1) is 13.7 Å². The van der Waals surface area contributed by atoms with Crippen molar-refractivity contribution in [2.45, 2.75) is 39.8 Å². The molecule has 25 heavy (non-hydrogen) atoms. The SMILES string of the molecule is COc1ccc(-c2n[nH]c(=S)n2NC(=O)CN(C(C)C)C(C)C)cc1. The minimum atomic E-state index is -0.144. The molecular formula is C17H25N5O2S. The lowest BCUT2D eigenvalue weighted by molar-refractivity contribution is -0.119. The van der Waals surface area contributed by atoms with E-state index in [2.05, 4.69) is 48.2 Å². The number of rotatable bonds is 7. The highest BCUT2D eigenvalue weighted by molar-refractivity contribution is 7.71. The molecule has 1 aromatic carbocycles. The van der Waals surface area contributed by atoms with Gasteiger partial charge in [0.2, 0.25) is 4.77 Å². The molecule has 0 aliphatic rings. The van der Waals surface area contributed by atoms with E-state index in [1.165, 1.54) is 4.68 Å². The zero-order chi connectivity index (χ0) is 18.6. The average molecular weight is 363 g/mol. The maximum atomic E-state index is 12.5.